The minimum atomic E-state index is -0.592. The van der Waals surface area contributed by atoms with Crippen molar-refractivity contribution in [2.24, 2.45) is 7.05 Å². The molecule has 1 saturated heterocycles. The number of amides is 2. The number of ether oxygens (including phenoxy) is 3. The molecule has 1 aliphatic heterocycles. The van der Waals surface area contributed by atoms with E-state index in [9.17, 15) is 14.4 Å². The third-order valence-corrected chi connectivity index (χ3v) is 7.84. The molecule has 10 heteroatoms. The zero-order chi connectivity index (χ0) is 30.7. The average Bonchev–Trinajstić information content (AvgIpc) is 3.51. The van der Waals surface area contributed by atoms with E-state index in [1.54, 1.807) is 34.6 Å². The fourth-order valence-electron chi connectivity index (χ4n) is 5.91. The summed E-state index contributed by atoms with van der Waals surface area (Å²) in [4.78, 5) is 42.6. The number of benzene rings is 2. The second kappa shape index (κ2) is 12.5. The Morgan fingerprint density at radius 3 is 2.14 bits per heavy atom. The number of hydrogen-bond acceptors (Lipinski definition) is 7. The van der Waals surface area contributed by atoms with Crippen molar-refractivity contribution in [3.8, 4) is 11.1 Å². The van der Waals surface area contributed by atoms with Crippen molar-refractivity contribution in [3.05, 3.63) is 77.1 Å². The van der Waals surface area contributed by atoms with Gasteiger partial charge in [-0.3, -0.25) is 4.68 Å². The van der Waals surface area contributed by atoms with Gasteiger partial charge in [-0.1, -0.05) is 48.5 Å². The number of esters is 1. The normalized spacial score (nSPS) is 15.0. The number of likely N-dealkylation sites (tertiary alicyclic amines) is 1. The van der Waals surface area contributed by atoms with Crippen molar-refractivity contribution in [2.45, 2.75) is 64.6 Å². The van der Waals surface area contributed by atoms with E-state index < -0.39 is 17.7 Å². The van der Waals surface area contributed by atoms with Crippen molar-refractivity contribution in [2.75, 3.05) is 26.3 Å². The van der Waals surface area contributed by atoms with E-state index >= 15 is 0 Å². The number of piperidine rings is 1. The van der Waals surface area contributed by atoms with Crippen molar-refractivity contribution >= 4 is 18.2 Å². The Hall–Kier alpha value is -4.34. The van der Waals surface area contributed by atoms with Crippen molar-refractivity contribution < 1.29 is 28.6 Å². The van der Waals surface area contributed by atoms with Gasteiger partial charge in [-0.2, -0.15) is 5.10 Å². The molecule has 2 aliphatic rings. The highest BCUT2D eigenvalue weighted by atomic mass is 16.6. The first-order valence-electron chi connectivity index (χ1n) is 14.8. The smallest absolute Gasteiger partial charge is 0.410 e. The lowest BCUT2D eigenvalue weighted by atomic mass is 9.98. The molecule has 1 fully saturated rings. The van der Waals surface area contributed by atoms with Crippen LogP contribution < -0.4 is 0 Å². The van der Waals surface area contributed by atoms with Crippen LogP contribution in [0, 0.1) is 0 Å². The molecule has 0 bridgehead atoms. The van der Waals surface area contributed by atoms with Gasteiger partial charge in [0.05, 0.1) is 13.2 Å². The Labute approximate surface area is 252 Å². The lowest BCUT2D eigenvalue weighted by molar-refractivity contribution is 0.0128. The van der Waals surface area contributed by atoms with Crippen LogP contribution in [0.2, 0.25) is 0 Å². The Bertz CT molecular complexity index is 1440. The Balaban J connectivity index is 1.36. The van der Waals surface area contributed by atoms with Crippen LogP contribution in [0.3, 0.4) is 0 Å². The van der Waals surface area contributed by atoms with Crippen molar-refractivity contribution in [3.63, 3.8) is 0 Å². The number of carbonyl (C=O) groups excluding carboxylic acids is 3. The van der Waals surface area contributed by atoms with Crippen LogP contribution in [0.1, 0.15) is 73.6 Å². The molecule has 0 N–H and O–H groups in total. The number of carbonyl (C=O) groups is 3. The molecule has 2 heterocycles. The molecule has 5 rings (SSSR count). The number of aryl methyl sites for hydroxylation is 1. The van der Waals surface area contributed by atoms with E-state index in [4.69, 9.17) is 14.2 Å². The van der Waals surface area contributed by atoms with E-state index in [1.807, 2.05) is 45.0 Å². The number of aromatic nitrogens is 2. The van der Waals surface area contributed by atoms with Crippen molar-refractivity contribution in [1.29, 1.82) is 0 Å². The summed E-state index contributed by atoms with van der Waals surface area (Å²) in [5, 5.41) is 4.31. The van der Waals surface area contributed by atoms with E-state index in [1.165, 1.54) is 0 Å². The zero-order valence-electron chi connectivity index (χ0n) is 25.5. The van der Waals surface area contributed by atoms with Crippen LogP contribution in [0.4, 0.5) is 9.59 Å². The Kier molecular flexibility index (Phi) is 8.75. The number of hydrogen-bond donors (Lipinski definition) is 0. The first kappa shape index (κ1) is 30.1. The summed E-state index contributed by atoms with van der Waals surface area (Å²) in [6.45, 7) is 8.64. The molecular weight excluding hydrogens is 548 g/mol. The molecular formula is C33H40N4O6. The van der Waals surface area contributed by atoms with E-state index in [-0.39, 0.29) is 43.5 Å². The first-order chi connectivity index (χ1) is 20.6. The fourth-order valence-corrected chi connectivity index (χ4v) is 5.91. The maximum atomic E-state index is 13.9. The largest absolute Gasteiger partial charge is 0.461 e. The number of rotatable bonds is 7. The molecule has 0 radical (unpaired) electrons. The van der Waals surface area contributed by atoms with Crippen LogP contribution in [0.25, 0.3) is 11.1 Å². The zero-order valence-corrected chi connectivity index (χ0v) is 25.5. The highest BCUT2D eigenvalue weighted by Gasteiger charge is 2.35. The Morgan fingerprint density at radius 1 is 0.953 bits per heavy atom. The molecule has 10 nitrogen and oxygen atoms in total. The summed E-state index contributed by atoms with van der Waals surface area (Å²) >= 11 is 0. The van der Waals surface area contributed by atoms with E-state index in [0.717, 1.165) is 22.3 Å². The topological polar surface area (TPSA) is 103 Å². The Morgan fingerprint density at radius 2 is 1.56 bits per heavy atom. The second-order valence-corrected chi connectivity index (χ2v) is 12.0. The maximum Gasteiger partial charge on any atom is 0.410 e. The molecule has 0 saturated carbocycles. The summed E-state index contributed by atoms with van der Waals surface area (Å²) in [7, 11) is 1.73. The predicted molar refractivity (Wildman–Crippen MR) is 161 cm³/mol. The maximum absolute atomic E-state index is 13.9. The molecule has 1 aromatic heterocycles. The van der Waals surface area contributed by atoms with E-state index in [0.29, 0.717) is 31.5 Å². The summed E-state index contributed by atoms with van der Waals surface area (Å²) in [5.41, 5.74) is 4.72. The van der Waals surface area contributed by atoms with E-state index in [2.05, 4.69) is 29.4 Å². The summed E-state index contributed by atoms with van der Waals surface area (Å²) in [6.07, 6.45) is 1.97. The standard InChI is InChI=1S/C33H40N4O6/c1-6-41-30(38)29-22(19-35(5)34-29)20-37(23-15-17-36(18-16-23)31(39)43-33(2,3)4)32(40)42-21-28-26-13-9-7-11-24(26)25-12-8-10-14-27(25)28/h7-14,19,23,28H,6,15-18,20-21H2,1-5H3. The van der Waals surface area contributed by atoms with Gasteiger partial charge in [0.2, 0.25) is 0 Å². The van der Waals surface area contributed by atoms with Crippen molar-refractivity contribution in [1.82, 2.24) is 19.6 Å². The molecule has 0 atom stereocenters. The predicted octanol–water partition coefficient (Wildman–Crippen LogP) is 5.75. The number of nitrogens with zero attached hydrogens (tertiary/aromatic N) is 4. The van der Waals surface area contributed by atoms with Gasteiger partial charge < -0.3 is 24.0 Å². The molecule has 43 heavy (non-hydrogen) atoms. The molecule has 0 unspecified atom stereocenters. The van der Waals surface area contributed by atoms with Gasteiger partial charge in [0.1, 0.15) is 12.2 Å². The monoisotopic (exact) mass is 588 g/mol. The number of fused-ring (bicyclic) bond motifs is 3. The molecule has 2 aromatic carbocycles. The second-order valence-electron chi connectivity index (χ2n) is 12.0. The third kappa shape index (κ3) is 6.68. The van der Waals surface area contributed by atoms with Gasteiger partial charge in [0.15, 0.2) is 5.69 Å². The lowest BCUT2D eigenvalue weighted by Gasteiger charge is -2.38. The first-order valence-corrected chi connectivity index (χ1v) is 14.8. The van der Waals surface area contributed by atoms with Gasteiger partial charge in [0.25, 0.3) is 0 Å². The van der Waals surface area contributed by atoms with Gasteiger partial charge in [0, 0.05) is 43.9 Å². The van der Waals surface area contributed by atoms with Crippen LogP contribution in [0.15, 0.2) is 54.7 Å². The van der Waals surface area contributed by atoms with Crippen LogP contribution in [-0.2, 0) is 27.8 Å². The SMILES string of the molecule is CCOC(=O)c1nn(C)cc1CN(C(=O)OCC1c2ccccc2-c2ccccc21)C1CCN(C(=O)OC(C)(C)C)CC1. The highest BCUT2D eigenvalue weighted by Crippen LogP contribution is 2.44. The van der Waals surface area contributed by atoms with Gasteiger partial charge in [-0.25, -0.2) is 14.4 Å². The summed E-state index contributed by atoms with van der Waals surface area (Å²) in [5.74, 6) is -0.619. The summed E-state index contributed by atoms with van der Waals surface area (Å²) in [6, 6.07) is 16.2. The fraction of sp³-hybridized carbons (Fsp3) is 0.455. The molecule has 3 aromatic rings. The highest BCUT2D eigenvalue weighted by molar-refractivity contribution is 5.89. The van der Waals surface area contributed by atoms with Crippen LogP contribution in [-0.4, -0.2) is 75.7 Å². The third-order valence-electron chi connectivity index (χ3n) is 7.84. The summed E-state index contributed by atoms with van der Waals surface area (Å²) < 4.78 is 18.4. The molecule has 0 spiro atoms. The van der Waals surface area contributed by atoms with Gasteiger partial charge >= 0.3 is 18.2 Å². The molecule has 2 amide bonds. The quantitative estimate of drug-likeness (QED) is 0.256. The van der Waals surface area contributed by atoms with Crippen LogP contribution in [0.5, 0.6) is 0 Å². The minimum Gasteiger partial charge on any atom is -0.461 e. The molecule has 1 aliphatic carbocycles. The lowest BCUT2D eigenvalue weighted by Crippen LogP contribution is -2.49. The molecule has 228 valence electrons. The average molecular weight is 589 g/mol. The minimum absolute atomic E-state index is 0.0827. The van der Waals surface area contributed by atoms with Gasteiger partial charge in [-0.15, -0.1) is 0 Å². The van der Waals surface area contributed by atoms with Gasteiger partial charge in [-0.05, 0) is 62.8 Å². The van der Waals surface area contributed by atoms with Crippen LogP contribution >= 0.6 is 0 Å².